The van der Waals surface area contributed by atoms with Crippen LogP contribution in [-0.4, -0.2) is 40.0 Å². The molecule has 23 heavy (non-hydrogen) atoms. The molecule has 2 fully saturated rings. The molecule has 1 spiro atoms. The monoisotopic (exact) mass is 328 g/mol. The van der Waals surface area contributed by atoms with E-state index < -0.39 is 0 Å². The van der Waals surface area contributed by atoms with Crippen molar-refractivity contribution in [3.8, 4) is 10.7 Å². The van der Waals surface area contributed by atoms with E-state index in [1.165, 1.54) is 37.8 Å². The molecule has 2 aromatic heterocycles. The minimum atomic E-state index is 0.366. The average molecular weight is 328 g/mol. The van der Waals surface area contributed by atoms with Crippen molar-refractivity contribution in [2.75, 3.05) is 19.6 Å². The van der Waals surface area contributed by atoms with Gasteiger partial charge in [-0.3, -0.25) is 9.88 Å². The molecule has 0 atom stereocenters. The van der Waals surface area contributed by atoms with Crippen molar-refractivity contribution in [1.82, 2.24) is 20.2 Å². The normalized spacial score (nSPS) is 21.6. The van der Waals surface area contributed by atoms with Crippen molar-refractivity contribution >= 4 is 11.3 Å². The number of hydrogen-bond acceptors (Lipinski definition) is 5. The molecular formula is C18H24N4S. The molecule has 0 radical (unpaired) electrons. The maximum atomic E-state index is 4.85. The van der Waals surface area contributed by atoms with Gasteiger partial charge >= 0.3 is 0 Å². The van der Waals surface area contributed by atoms with E-state index in [1.54, 1.807) is 11.3 Å². The van der Waals surface area contributed by atoms with Gasteiger partial charge in [0.2, 0.25) is 0 Å². The molecule has 4 rings (SSSR count). The second-order valence-electron chi connectivity index (χ2n) is 6.74. The van der Waals surface area contributed by atoms with Crippen LogP contribution in [-0.2, 0) is 6.54 Å². The van der Waals surface area contributed by atoms with E-state index in [0.29, 0.717) is 5.54 Å². The fourth-order valence-corrected chi connectivity index (χ4v) is 4.80. The Morgan fingerprint density at radius 1 is 1.22 bits per heavy atom. The van der Waals surface area contributed by atoms with Gasteiger partial charge in [0.25, 0.3) is 0 Å². The summed E-state index contributed by atoms with van der Waals surface area (Å²) in [5.74, 6) is 0. The summed E-state index contributed by atoms with van der Waals surface area (Å²) in [7, 11) is 0. The Balaban J connectivity index is 1.51. The summed E-state index contributed by atoms with van der Waals surface area (Å²) in [5, 5.41) is 6.87. The van der Waals surface area contributed by atoms with E-state index in [2.05, 4.69) is 20.6 Å². The van der Waals surface area contributed by atoms with E-state index in [0.717, 1.165) is 36.9 Å². The number of hydrogen-bond donors (Lipinski definition) is 1. The van der Waals surface area contributed by atoms with Crippen LogP contribution in [0.25, 0.3) is 10.7 Å². The van der Waals surface area contributed by atoms with E-state index >= 15 is 0 Å². The summed E-state index contributed by atoms with van der Waals surface area (Å²) in [5.41, 5.74) is 2.55. The number of rotatable bonds is 3. The van der Waals surface area contributed by atoms with Gasteiger partial charge in [-0.05, 0) is 25.0 Å². The Labute approximate surface area is 142 Å². The average Bonchev–Trinajstić information content (AvgIpc) is 3.07. The fraction of sp³-hybridized carbons (Fsp3) is 0.556. The lowest BCUT2D eigenvalue weighted by atomic mass is 9.79. The van der Waals surface area contributed by atoms with Crippen molar-refractivity contribution < 1.29 is 0 Å². The predicted molar refractivity (Wildman–Crippen MR) is 94.4 cm³/mol. The van der Waals surface area contributed by atoms with E-state index in [9.17, 15) is 0 Å². The first-order valence-corrected chi connectivity index (χ1v) is 9.55. The predicted octanol–water partition coefficient (Wildman–Crippen LogP) is 3.31. The van der Waals surface area contributed by atoms with Gasteiger partial charge in [-0.2, -0.15) is 0 Å². The van der Waals surface area contributed by atoms with Gasteiger partial charge in [0.15, 0.2) is 0 Å². The SMILES string of the molecule is c1ccc(-c2nc(CN3CCNCC34CCCCC4)cs2)nc1. The molecule has 1 aliphatic heterocycles. The fourth-order valence-electron chi connectivity index (χ4n) is 4.02. The molecule has 2 aromatic rings. The summed E-state index contributed by atoms with van der Waals surface area (Å²) in [6.45, 7) is 4.35. The van der Waals surface area contributed by atoms with E-state index in [4.69, 9.17) is 4.98 Å². The molecule has 0 unspecified atom stereocenters. The summed E-state index contributed by atoms with van der Waals surface area (Å²) in [4.78, 5) is 12.0. The Bertz CT molecular complexity index is 625. The van der Waals surface area contributed by atoms with Crippen molar-refractivity contribution in [2.45, 2.75) is 44.2 Å². The van der Waals surface area contributed by atoms with Crippen LogP contribution in [0.3, 0.4) is 0 Å². The number of nitrogens with one attached hydrogen (secondary N) is 1. The molecule has 1 saturated carbocycles. The summed E-state index contributed by atoms with van der Waals surface area (Å²) >= 11 is 1.71. The van der Waals surface area contributed by atoms with Crippen LogP contribution in [0.1, 0.15) is 37.8 Å². The summed E-state index contributed by atoms with van der Waals surface area (Å²) in [6, 6.07) is 6.01. The molecule has 4 nitrogen and oxygen atoms in total. The van der Waals surface area contributed by atoms with Crippen LogP contribution in [0.2, 0.25) is 0 Å². The lowest BCUT2D eigenvalue weighted by molar-refractivity contribution is 0.0201. The topological polar surface area (TPSA) is 41.1 Å². The Morgan fingerprint density at radius 2 is 2.13 bits per heavy atom. The number of aromatic nitrogens is 2. The third-order valence-electron chi connectivity index (χ3n) is 5.26. The minimum absolute atomic E-state index is 0.366. The molecule has 2 aliphatic rings. The van der Waals surface area contributed by atoms with Crippen LogP contribution >= 0.6 is 11.3 Å². The number of nitrogens with zero attached hydrogens (tertiary/aromatic N) is 3. The quantitative estimate of drug-likeness (QED) is 0.938. The highest BCUT2D eigenvalue weighted by Gasteiger charge is 2.39. The first-order valence-electron chi connectivity index (χ1n) is 8.67. The molecule has 1 N–H and O–H groups in total. The molecule has 3 heterocycles. The van der Waals surface area contributed by atoms with Crippen molar-refractivity contribution in [2.24, 2.45) is 0 Å². The van der Waals surface area contributed by atoms with Crippen molar-refractivity contribution in [3.63, 3.8) is 0 Å². The van der Waals surface area contributed by atoms with E-state index in [1.807, 2.05) is 24.4 Å². The second-order valence-corrected chi connectivity index (χ2v) is 7.60. The van der Waals surface area contributed by atoms with Crippen LogP contribution < -0.4 is 5.32 Å². The van der Waals surface area contributed by atoms with Gasteiger partial charge < -0.3 is 5.32 Å². The van der Waals surface area contributed by atoms with E-state index in [-0.39, 0.29) is 0 Å². The largest absolute Gasteiger partial charge is 0.314 e. The number of piperazine rings is 1. The van der Waals surface area contributed by atoms with Gasteiger partial charge in [-0.15, -0.1) is 11.3 Å². The highest BCUT2D eigenvalue weighted by molar-refractivity contribution is 7.13. The van der Waals surface area contributed by atoms with Crippen LogP contribution in [0.4, 0.5) is 0 Å². The first-order chi connectivity index (χ1) is 11.4. The first kappa shape index (κ1) is 15.2. The Hall–Kier alpha value is -1.30. The molecule has 5 heteroatoms. The molecule has 0 aromatic carbocycles. The molecule has 122 valence electrons. The molecule has 1 aliphatic carbocycles. The highest BCUT2D eigenvalue weighted by Crippen LogP contribution is 2.35. The molecule has 0 amide bonds. The minimum Gasteiger partial charge on any atom is -0.314 e. The van der Waals surface area contributed by atoms with Crippen LogP contribution in [0.15, 0.2) is 29.8 Å². The van der Waals surface area contributed by atoms with Gasteiger partial charge in [0, 0.05) is 43.3 Å². The molecule has 0 bridgehead atoms. The molecule has 1 saturated heterocycles. The number of pyridine rings is 1. The van der Waals surface area contributed by atoms with Gasteiger partial charge in [0.05, 0.1) is 11.4 Å². The Morgan fingerprint density at radius 3 is 2.96 bits per heavy atom. The maximum absolute atomic E-state index is 4.85. The van der Waals surface area contributed by atoms with Gasteiger partial charge in [0.1, 0.15) is 5.01 Å². The lowest BCUT2D eigenvalue weighted by Gasteiger charge is -2.49. The van der Waals surface area contributed by atoms with Crippen molar-refractivity contribution in [3.05, 3.63) is 35.5 Å². The van der Waals surface area contributed by atoms with Crippen LogP contribution in [0.5, 0.6) is 0 Å². The van der Waals surface area contributed by atoms with Gasteiger partial charge in [-0.25, -0.2) is 4.98 Å². The zero-order valence-corrected chi connectivity index (χ0v) is 14.3. The highest BCUT2D eigenvalue weighted by atomic mass is 32.1. The third-order valence-corrected chi connectivity index (χ3v) is 6.17. The van der Waals surface area contributed by atoms with Crippen molar-refractivity contribution in [1.29, 1.82) is 0 Å². The standard InChI is InChI=1S/C18H24N4S/c1-3-7-18(8-4-1)14-19-10-11-22(18)12-15-13-23-17(21-15)16-6-2-5-9-20-16/h2,5-6,9,13,19H,1,3-4,7-8,10-12,14H2. The van der Waals surface area contributed by atoms with Crippen LogP contribution in [0, 0.1) is 0 Å². The zero-order chi connectivity index (χ0) is 15.5. The maximum Gasteiger partial charge on any atom is 0.142 e. The number of thiazole rings is 1. The molecular weight excluding hydrogens is 304 g/mol. The lowest BCUT2D eigenvalue weighted by Crippen LogP contribution is -2.61. The third kappa shape index (κ3) is 3.18. The summed E-state index contributed by atoms with van der Waals surface area (Å²) < 4.78 is 0. The second kappa shape index (κ2) is 6.67. The zero-order valence-electron chi connectivity index (χ0n) is 13.5. The smallest absolute Gasteiger partial charge is 0.142 e. The Kier molecular flexibility index (Phi) is 4.42. The van der Waals surface area contributed by atoms with Gasteiger partial charge in [-0.1, -0.05) is 25.3 Å². The summed E-state index contributed by atoms with van der Waals surface area (Å²) in [6.07, 6.45) is 8.64.